The lowest BCUT2D eigenvalue weighted by molar-refractivity contribution is 0.473. The quantitative estimate of drug-likeness (QED) is 0.260. The van der Waals surface area contributed by atoms with E-state index in [0.717, 1.165) is 44.6 Å². The summed E-state index contributed by atoms with van der Waals surface area (Å²) in [5.41, 5.74) is 7.78. The Balaban J connectivity index is 1.60. The zero-order chi connectivity index (χ0) is 26.4. The second-order valence-corrected chi connectivity index (χ2v) is 10.7. The lowest BCUT2D eigenvalue weighted by Crippen LogP contribution is -2.21. The summed E-state index contributed by atoms with van der Waals surface area (Å²) in [6.45, 7) is 8.91. The average molecular weight is 498 g/mol. The van der Waals surface area contributed by atoms with Crippen molar-refractivity contribution >= 4 is 21.9 Å². The van der Waals surface area contributed by atoms with Gasteiger partial charge in [-0.3, -0.25) is 9.55 Å². The van der Waals surface area contributed by atoms with Gasteiger partial charge in [-0.05, 0) is 71.6 Å². The maximum absolute atomic E-state index is 10.8. The molecule has 0 radical (unpaired) electrons. The largest absolute Gasteiger partial charge is 0.506 e. The van der Waals surface area contributed by atoms with E-state index in [1.54, 1.807) is 6.07 Å². The molecule has 6 rings (SSSR count). The molecule has 4 nitrogen and oxygen atoms in total. The van der Waals surface area contributed by atoms with E-state index in [9.17, 15) is 5.11 Å². The molecule has 188 valence electrons. The summed E-state index contributed by atoms with van der Waals surface area (Å²) >= 11 is 0. The minimum Gasteiger partial charge on any atom is -0.506 e. The van der Waals surface area contributed by atoms with Crippen LogP contribution in [0.15, 0.2) is 103 Å². The van der Waals surface area contributed by atoms with Gasteiger partial charge in [0.25, 0.3) is 0 Å². The summed E-state index contributed by atoms with van der Waals surface area (Å²) in [4.78, 5) is 9.91. The van der Waals surface area contributed by atoms with Gasteiger partial charge in [0.15, 0.2) is 0 Å². The number of phenols is 1. The predicted octanol–water partition coefficient (Wildman–Crippen LogP) is 8.40. The van der Waals surface area contributed by atoms with Crippen LogP contribution in [0.1, 0.15) is 50.4 Å². The van der Waals surface area contributed by atoms with E-state index in [4.69, 9.17) is 4.98 Å². The Morgan fingerprint density at radius 1 is 0.789 bits per heavy atom. The summed E-state index contributed by atoms with van der Waals surface area (Å²) in [5.74, 6) is 0.591. The molecule has 0 bridgehead atoms. The molecule has 3 aromatic carbocycles. The second-order valence-electron chi connectivity index (χ2n) is 10.7. The second kappa shape index (κ2) is 9.14. The van der Waals surface area contributed by atoms with Gasteiger partial charge in [-0.1, -0.05) is 70.2 Å². The number of rotatable bonds is 5. The Bertz CT molecular complexity index is 1780. The summed E-state index contributed by atoms with van der Waals surface area (Å²) in [6.07, 6.45) is 1.86. The molecular weight excluding hydrogens is 466 g/mol. The molecule has 0 amide bonds. The highest BCUT2D eigenvalue weighted by molar-refractivity contribution is 6.08. The lowest BCUT2D eigenvalue weighted by Gasteiger charge is -2.26. The number of aromatic hydroxyl groups is 1. The smallest absolute Gasteiger partial charge is 0.146 e. The maximum Gasteiger partial charge on any atom is 0.146 e. The molecule has 0 fully saturated rings. The van der Waals surface area contributed by atoms with E-state index in [1.807, 2.05) is 48.7 Å². The lowest BCUT2D eigenvalue weighted by atomic mass is 9.78. The van der Waals surface area contributed by atoms with Crippen molar-refractivity contribution in [2.45, 2.75) is 39.0 Å². The van der Waals surface area contributed by atoms with Crippen LogP contribution < -0.4 is 0 Å². The normalized spacial score (nSPS) is 12.0. The molecule has 0 saturated carbocycles. The highest BCUT2D eigenvalue weighted by Crippen LogP contribution is 2.38. The molecule has 38 heavy (non-hydrogen) atoms. The van der Waals surface area contributed by atoms with Crippen molar-refractivity contribution in [2.75, 3.05) is 0 Å². The number of benzene rings is 3. The van der Waals surface area contributed by atoms with Crippen LogP contribution in [0.4, 0.5) is 0 Å². The van der Waals surface area contributed by atoms with Gasteiger partial charge in [-0.2, -0.15) is 0 Å². The van der Waals surface area contributed by atoms with Crippen molar-refractivity contribution in [3.05, 3.63) is 120 Å². The molecule has 0 aliphatic heterocycles. The van der Waals surface area contributed by atoms with Crippen LogP contribution in [-0.4, -0.2) is 19.6 Å². The predicted molar refractivity (Wildman–Crippen MR) is 156 cm³/mol. The van der Waals surface area contributed by atoms with Crippen molar-refractivity contribution in [1.82, 2.24) is 14.5 Å². The fourth-order valence-corrected chi connectivity index (χ4v) is 5.27. The summed E-state index contributed by atoms with van der Waals surface area (Å²) in [6, 6.07) is 32.9. The van der Waals surface area contributed by atoms with E-state index in [1.165, 1.54) is 11.1 Å². The monoisotopic (exact) mass is 497 g/mol. The number of phenolic OH excluding ortho intramolecular Hbond substituents is 1. The van der Waals surface area contributed by atoms with Gasteiger partial charge in [0.1, 0.15) is 11.4 Å². The Morgan fingerprint density at radius 3 is 2.32 bits per heavy atom. The number of hydrogen-bond donors (Lipinski definition) is 1. The third kappa shape index (κ3) is 3.93. The van der Waals surface area contributed by atoms with Crippen LogP contribution in [0.2, 0.25) is 0 Å². The van der Waals surface area contributed by atoms with E-state index < -0.39 is 0 Å². The molecule has 0 spiro atoms. The van der Waals surface area contributed by atoms with Crippen molar-refractivity contribution in [3.63, 3.8) is 0 Å². The molecule has 0 aliphatic carbocycles. The zero-order valence-corrected chi connectivity index (χ0v) is 22.2. The first-order valence-corrected chi connectivity index (χ1v) is 13.1. The number of pyridine rings is 2. The average Bonchev–Trinajstić information content (AvgIpc) is 3.27. The number of hydrogen-bond acceptors (Lipinski definition) is 3. The van der Waals surface area contributed by atoms with Crippen LogP contribution in [-0.2, 0) is 5.41 Å². The molecule has 3 heterocycles. The fraction of sp³-hybridized carbons (Fsp3) is 0.176. The maximum atomic E-state index is 10.8. The fourth-order valence-electron chi connectivity index (χ4n) is 5.27. The number of para-hydroxylation sites is 3. The summed E-state index contributed by atoms with van der Waals surface area (Å²) in [5, 5.41) is 12.9. The van der Waals surface area contributed by atoms with Gasteiger partial charge in [-0.15, -0.1) is 0 Å². The van der Waals surface area contributed by atoms with Crippen molar-refractivity contribution in [2.24, 2.45) is 0 Å². The first kappa shape index (κ1) is 23.9. The third-order valence-electron chi connectivity index (χ3n) is 7.59. The first-order chi connectivity index (χ1) is 18.3. The summed E-state index contributed by atoms with van der Waals surface area (Å²) in [7, 11) is 0. The highest BCUT2D eigenvalue weighted by Gasteiger charge is 2.26. The molecule has 4 heteroatoms. The molecule has 6 aromatic rings. The van der Waals surface area contributed by atoms with E-state index in [0.29, 0.717) is 5.92 Å². The molecule has 0 atom stereocenters. The van der Waals surface area contributed by atoms with Crippen LogP contribution in [0.5, 0.6) is 5.75 Å². The molecule has 0 saturated heterocycles. The SMILES string of the molecule is CC(C)c1cc(-c2ccc3c4ccccc4n(-c4ccccc4O)c3n2)cc(C(C)(C)c2ccccn2)c1. The standard InChI is InChI=1S/C34H31N3O/c1-22(2)23-19-24(21-25(20-23)34(3,4)32-15-9-10-18-35-32)28-17-16-27-26-11-5-6-12-29(26)37(33(27)36-28)30-13-7-8-14-31(30)38/h5-22,38H,1-4H3. The van der Waals surface area contributed by atoms with Gasteiger partial charge in [0, 0.05) is 27.9 Å². The minimum atomic E-state index is -0.268. The van der Waals surface area contributed by atoms with Gasteiger partial charge >= 0.3 is 0 Å². The van der Waals surface area contributed by atoms with Crippen LogP contribution in [0, 0.1) is 0 Å². The van der Waals surface area contributed by atoms with E-state index in [2.05, 4.69) is 85.8 Å². The number of nitrogens with zero attached hydrogens (tertiary/aromatic N) is 3. The first-order valence-electron chi connectivity index (χ1n) is 13.1. The van der Waals surface area contributed by atoms with E-state index >= 15 is 0 Å². The van der Waals surface area contributed by atoms with Gasteiger partial charge < -0.3 is 5.11 Å². The van der Waals surface area contributed by atoms with Crippen molar-refractivity contribution in [1.29, 1.82) is 0 Å². The number of aromatic nitrogens is 3. The van der Waals surface area contributed by atoms with Gasteiger partial charge in [0.2, 0.25) is 0 Å². The van der Waals surface area contributed by atoms with Crippen molar-refractivity contribution in [3.8, 4) is 22.7 Å². The topological polar surface area (TPSA) is 50.9 Å². The molecular formula is C34H31N3O. The van der Waals surface area contributed by atoms with Gasteiger partial charge in [-0.25, -0.2) is 4.98 Å². The molecule has 0 unspecified atom stereocenters. The van der Waals surface area contributed by atoms with E-state index in [-0.39, 0.29) is 11.2 Å². The summed E-state index contributed by atoms with van der Waals surface area (Å²) < 4.78 is 2.06. The molecule has 1 N–H and O–H groups in total. The number of fused-ring (bicyclic) bond motifs is 3. The Kier molecular flexibility index (Phi) is 5.76. The van der Waals surface area contributed by atoms with Gasteiger partial charge in [0.05, 0.1) is 22.6 Å². The van der Waals surface area contributed by atoms with Crippen LogP contribution in [0.25, 0.3) is 38.9 Å². The molecule has 3 aromatic heterocycles. The Hall–Kier alpha value is -4.44. The Labute approximate surface area is 223 Å². The highest BCUT2D eigenvalue weighted by atomic mass is 16.3. The minimum absolute atomic E-state index is 0.226. The zero-order valence-electron chi connectivity index (χ0n) is 22.2. The Morgan fingerprint density at radius 2 is 1.55 bits per heavy atom. The van der Waals surface area contributed by atoms with Crippen molar-refractivity contribution < 1.29 is 5.11 Å². The molecule has 0 aliphatic rings. The van der Waals surface area contributed by atoms with Crippen LogP contribution in [0.3, 0.4) is 0 Å². The van der Waals surface area contributed by atoms with Crippen LogP contribution >= 0.6 is 0 Å². The third-order valence-corrected chi connectivity index (χ3v) is 7.59.